The van der Waals surface area contributed by atoms with Crippen LogP contribution in [0.15, 0.2) is 42.7 Å². The van der Waals surface area contributed by atoms with Crippen molar-refractivity contribution in [1.82, 2.24) is 14.7 Å². The predicted molar refractivity (Wildman–Crippen MR) is 124 cm³/mol. The fraction of sp³-hybridized carbons (Fsp3) is 0.333. The van der Waals surface area contributed by atoms with E-state index in [9.17, 15) is 19.5 Å². The molecule has 0 radical (unpaired) electrons. The number of pyridine rings is 1. The second-order valence-electron chi connectivity index (χ2n) is 8.30. The van der Waals surface area contributed by atoms with Gasteiger partial charge in [-0.2, -0.15) is 0 Å². The largest absolute Gasteiger partial charge is 0.442 e. The van der Waals surface area contributed by atoms with Crippen molar-refractivity contribution in [3.05, 3.63) is 54.2 Å². The lowest BCUT2D eigenvalue weighted by Crippen LogP contribution is -2.33. The summed E-state index contributed by atoms with van der Waals surface area (Å²) in [6.45, 7) is 1.32. The molecule has 1 aromatic carbocycles. The van der Waals surface area contributed by atoms with Crippen LogP contribution < -0.4 is 10.2 Å². The van der Waals surface area contributed by atoms with Crippen molar-refractivity contribution in [3.8, 4) is 11.1 Å². The number of halogens is 1. The van der Waals surface area contributed by atoms with E-state index in [-0.39, 0.29) is 37.6 Å². The monoisotopic (exact) mass is 484 g/mol. The molecule has 4 rings (SSSR count). The summed E-state index contributed by atoms with van der Waals surface area (Å²) in [7, 11) is 0. The number of carbonyl (C=O) groups excluding carboxylic acids is 3. The average molecular weight is 484 g/mol. The SMILES string of the molecule is CC(=O)NC[C@H]1CN(c2ccc(-c3ccn4c(C(=O)CC[C@@H](O)CO)cnc4c3)c(F)c2)C(=O)O1. The molecule has 11 heteroatoms. The fourth-order valence-corrected chi connectivity index (χ4v) is 3.87. The van der Waals surface area contributed by atoms with Gasteiger partial charge in [-0.05, 0) is 42.3 Å². The van der Waals surface area contributed by atoms with E-state index < -0.39 is 30.7 Å². The number of aromatic nitrogens is 2. The van der Waals surface area contributed by atoms with Gasteiger partial charge in [-0.25, -0.2) is 14.2 Å². The van der Waals surface area contributed by atoms with Crippen LogP contribution in [0.1, 0.15) is 30.3 Å². The van der Waals surface area contributed by atoms with Crippen LogP contribution in [0.5, 0.6) is 0 Å². The van der Waals surface area contributed by atoms with Gasteiger partial charge in [0.05, 0.1) is 37.7 Å². The van der Waals surface area contributed by atoms with Crippen LogP contribution in [0.4, 0.5) is 14.9 Å². The van der Waals surface area contributed by atoms with Gasteiger partial charge in [0, 0.05) is 25.1 Å². The second-order valence-corrected chi connectivity index (χ2v) is 8.30. The molecule has 10 nitrogen and oxygen atoms in total. The molecule has 2 atom stereocenters. The number of amides is 2. The van der Waals surface area contributed by atoms with Crippen molar-refractivity contribution in [3.63, 3.8) is 0 Å². The van der Waals surface area contributed by atoms with Gasteiger partial charge in [-0.15, -0.1) is 0 Å². The van der Waals surface area contributed by atoms with Crippen LogP contribution in [0, 0.1) is 5.82 Å². The van der Waals surface area contributed by atoms with Gasteiger partial charge in [-0.3, -0.25) is 18.9 Å². The van der Waals surface area contributed by atoms with Gasteiger partial charge in [0.25, 0.3) is 0 Å². The third-order valence-corrected chi connectivity index (χ3v) is 5.74. The first-order chi connectivity index (χ1) is 16.8. The van der Waals surface area contributed by atoms with E-state index >= 15 is 4.39 Å². The molecule has 3 heterocycles. The van der Waals surface area contributed by atoms with Crippen LogP contribution in [-0.2, 0) is 9.53 Å². The van der Waals surface area contributed by atoms with E-state index in [4.69, 9.17) is 9.84 Å². The number of ether oxygens (including phenoxy) is 1. The molecule has 2 amide bonds. The Kier molecular flexibility index (Phi) is 7.08. The van der Waals surface area contributed by atoms with Crippen molar-refractivity contribution in [2.45, 2.75) is 32.0 Å². The maximum absolute atomic E-state index is 15.0. The Bertz CT molecular complexity index is 1280. The standard InChI is InChI=1S/C24H25FN4O6/c1-14(31)26-10-18-12-29(24(34)35-18)16-2-4-19(20(25)9-16)15-6-7-28-21(11-27-23(28)8-15)22(33)5-3-17(32)13-30/h2,4,6-9,11,17-18,30,32H,3,5,10,12-13H2,1H3,(H,26,31)/t17-,18+/m1/s1. The van der Waals surface area contributed by atoms with Crippen molar-refractivity contribution in [2.24, 2.45) is 0 Å². The van der Waals surface area contributed by atoms with Crippen molar-refractivity contribution in [2.75, 3.05) is 24.6 Å². The molecule has 0 bridgehead atoms. The van der Waals surface area contributed by atoms with Crippen LogP contribution in [0.2, 0.25) is 0 Å². The summed E-state index contributed by atoms with van der Waals surface area (Å²) < 4.78 is 21.9. The molecule has 1 saturated heterocycles. The molecule has 184 valence electrons. The summed E-state index contributed by atoms with van der Waals surface area (Å²) in [6.07, 6.45) is 1.12. The summed E-state index contributed by atoms with van der Waals surface area (Å²) in [4.78, 5) is 41.3. The summed E-state index contributed by atoms with van der Waals surface area (Å²) in [5, 5.41) is 21.0. The van der Waals surface area contributed by atoms with Crippen LogP contribution >= 0.6 is 0 Å². The topological polar surface area (TPSA) is 133 Å². The minimum Gasteiger partial charge on any atom is -0.442 e. The first-order valence-electron chi connectivity index (χ1n) is 11.1. The van der Waals surface area contributed by atoms with E-state index in [1.54, 1.807) is 34.9 Å². The smallest absolute Gasteiger partial charge is 0.414 e. The molecule has 1 aliphatic rings. The van der Waals surface area contributed by atoms with Gasteiger partial charge in [0.2, 0.25) is 5.91 Å². The Hall–Kier alpha value is -3.83. The van der Waals surface area contributed by atoms with Gasteiger partial charge >= 0.3 is 6.09 Å². The second kappa shape index (κ2) is 10.2. The normalized spacial score (nSPS) is 16.4. The zero-order valence-corrected chi connectivity index (χ0v) is 19.0. The number of hydrogen-bond acceptors (Lipinski definition) is 7. The number of benzene rings is 1. The number of aliphatic hydroxyl groups excluding tert-OH is 2. The van der Waals surface area contributed by atoms with E-state index in [0.29, 0.717) is 28.2 Å². The Morgan fingerprint density at radius 3 is 2.83 bits per heavy atom. The number of fused-ring (bicyclic) bond motifs is 1. The molecule has 2 aromatic heterocycles. The van der Waals surface area contributed by atoms with Gasteiger partial charge in [-0.1, -0.05) is 0 Å². The number of aliphatic hydroxyl groups is 2. The molecule has 1 aliphatic heterocycles. The Labute approximate surface area is 199 Å². The lowest BCUT2D eigenvalue weighted by molar-refractivity contribution is -0.119. The molecule has 3 N–H and O–H groups in total. The van der Waals surface area contributed by atoms with Crippen molar-refractivity contribution >= 4 is 29.1 Å². The minimum absolute atomic E-state index is 0.0535. The molecule has 1 fully saturated rings. The van der Waals surface area contributed by atoms with Crippen molar-refractivity contribution in [1.29, 1.82) is 0 Å². The first kappa shape index (κ1) is 24.3. The molecule has 0 spiro atoms. The Balaban J connectivity index is 1.51. The highest BCUT2D eigenvalue weighted by molar-refractivity contribution is 5.95. The van der Waals surface area contributed by atoms with Gasteiger partial charge < -0.3 is 20.3 Å². The number of carbonyl (C=O) groups is 3. The minimum atomic E-state index is -0.957. The van der Waals surface area contributed by atoms with Crippen LogP contribution in [0.3, 0.4) is 0 Å². The number of nitrogens with one attached hydrogen (secondary N) is 1. The Morgan fingerprint density at radius 1 is 1.31 bits per heavy atom. The molecule has 0 saturated carbocycles. The maximum atomic E-state index is 15.0. The summed E-state index contributed by atoms with van der Waals surface area (Å²) in [5.41, 5.74) is 1.94. The average Bonchev–Trinajstić information content (AvgIpc) is 3.43. The number of cyclic esters (lactones) is 1. The predicted octanol–water partition coefficient (Wildman–Crippen LogP) is 1.92. The lowest BCUT2D eigenvalue weighted by Gasteiger charge is -2.14. The zero-order chi connectivity index (χ0) is 25.1. The first-order valence-corrected chi connectivity index (χ1v) is 11.1. The highest BCUT2D eigenvalue weighted by Gasteiger charge is 2.32. The number of Topliss-reactive ketones (excluding diaryl/α,β-unsaturated/α-hetero) is 1. The molecule has 3 aromatic rings. The number of anilines is 1. The van der Waals surface area contributed by atoms with Crippen LogP contribution in [-0.4, -0.2) is 69.3 Å². The Morgan fingerprint density at radius 2 is 2.11 bits per heavy atom. The molecule has 0 aliphatic carbocycles. The number of hydrogen-bond donors (Lipinski definition) is 3. The molecule has 35 heavy (non-hydrogen) atoms. The number of rotatable bonds is 9. The third-order valence-electron chi connectivity index (χ3n) is 5.74. The molecule has 0 unspecified atom stereocenters. The maximum Gasteiger partial charge on any atom is 0.414 e. The number of nitrogens with zero attached hydrogens (tertiary/aromatic N) is 3. The highest BCUT2D eigenvalue weighted by atomic mass is 19.1. The zero-order valence-electron chi connectivity index (χ0n) is 19.0. The lowest BCUT2D eigenvalue weighted by atomic mass is 10.1. The number of imidazole rings is 1. The van der Waals surface area contributed by atoms with E-state index in [0.717, 1.165) is 0 Å². The summed E-state index contributed by atoms with van der Waals surface area (Å²) in [6, 6.07) is 7.70. The summed E-state index contributed by atoms with van der Waals surface area (Å²) >= 11 is 0. The number of ketones is 1. The summed E-state index contributed by atoms with van der Waals surface area (Å²) in [5.74, 6) is -1.02. The van der Waals surface area contributed by atoms with Crippen molar-refractivity contribution < 1.29 is 33.7 Å². The van der Waals surface area contributed by atoms with Gasteiger partial charge in [0.1, 0.15) is 23.3 Å². The molecular formula is C24H25FN4O6. The molecular weight excluding hydrogens is 459 g/mol. The quantitative estimate of drug-likeness (QED) is 0.395. The highest BCUT2D eigenvalue weighted by Crippen LogP contribution is 2.30. The van der Waals surface area contributed by atoms with E-state index in [2.05, 4.69) is 10.3 Å². The van der Waals surface area contributed by atoms with Gasteiger partial charge in [0.15, 0.2) is 5.78 Å². The van der Waals surface area contributed by atoms with Crippen LogP contribution in [0.25, 0.3) is 16.8 Å². The van der Waals surface area contributed by atoms with E-state index in [1.807, 2.05) is 0 Å². The van der Waals surface area contributed by atoms with E-state index in [1.165, 1.54) is 24.1 Å². The fourth-order valence-electron chi connectivity index (χ4n) is 3.87. The third kappa shape index (κ3) is 5.31.